The zero-order valence-electron chi connectivity index (χ0n) is 21.5. The fraction of sp³-hybridized carbons (Fsp3) is 0.462. The number of hydrogen-bond donors (Lipinski definition) is 4. The third-order valence-corrected chi connectivity index (χ3v) is 4.25. The number of rotatable bonds is 10. The largest absolute Gasteiger partial charge is 0.480 e. The minimum Gasteiger partial charge on any atom is -0.480 e. The first-order chi connectivity index (χ1) is 16.6. The lowest BCUT2D eigenvalue weighted by Gasteiger charge is -2.21. The Bertz CT molecular complexity index is 911. The number of nitrogens with one attached hydrogen (secondary N) is 2. The van der Waals surface area contributed by atoms with Crippen LogP contribution in [0.3, 0.4) is 0 Å². The summed E-state index contributed by atoms with van der Waals surface area (Å²) in [6.45, 7) is 10.1. The van der Waals surface area contributed by atoms with Crippen molar-refractivity contribution in [3.63, 3.8) is 0 Å². The van der Waals surface area contributed by atoms with Crippen molar-refractivity contribution >= 4 is 36.3 Å². The average Bonchev–Trinajstić information content (AvgIpc) is 2.69. The van der Waals surface area contributed by atoms with Gasteiger partial charge in [-0.1, -0.05) is 42.5 Å². The molecule has 0 bridgehead atoms. The van der Waals surface area contributed by atoms with Crippen LogP contribution in [-0.2, 0) is 19.1 Å². The summed E-state index contributed by atoms with van der Waals surface area (Å²) in [6, 6.07) is 4.94. The molecule has 0 aliphatic carbocycles. The van der Waals surface area contributed by atoms with Crippen LogP contribution in [0.4, 0.5) is 9.59 Å². The van der Waals surface area contributed by atoms with Crippen molar-refractivity contribution in [1.82, 2.24) is 10.6 Å². The highest BCUT2D eigenvalue weighted by Crippen LogP contribution is 2.12. The Morgan fingerprint density at radius 2 is 1.14 bits per heavy atom. The van der Waals surface area contributed by atoms with Gasteiger partial charge < -0.3 is 30.3 Å². The van der Waals surface area contributed by atoms with Gasteiger partial charge in [0.2, 0.25) is 0 Å². The average molecular weight is 505 g/mol. The van der Waals surface area contributed by atoms with E-state index in [0.717, 1.165) is 11.1 Å². The van der Waals surface area contributed by atoms with Gasteiger partial charge in [0.05, 0.1) is 0 Å². The number of carboxylic acid groups (broad SMARTS) is 2. The van der Waals surface area contributed by atoms with E-state index in [1.807, 2.05) is 18.2 Å². The molecule has 4 N–H and O–H groups in total. The van der Waals surface area contributed by atoms with E-state index >= 15 is 0 Å². The Labute approximate surface area is 211 Å². The summed E-state index contributed by atoms with van der Waals surface area (Å²) in [6.07, 6.45) is 5.17. The van der Waals surface area contributed by atoms with Crippen molar-refractivity contribution in [3.8, 4) is 0 Å². The van der Waals surface area contributed by atoms with Crippen molar-refractivity contribution in [3.05, 3.63) is 47.5 Å². The Morgan fingerprint density at radius 3 is 1.44 bits per heavy atom. The van der Waals surface area contributed by atoms with Gasteiger partial charge in [0, 0.05) is 0 Å². The maximum Gasteiger partial charge on any atom is 0.408 e. The Hall–Kier alpha value is -3.82. The summed E-state index contributed by atoms with van der Waals surface area (Å²) in [5.74, 6) is -2.37. The summed E-state index contributed by atoms with van der Waals surface area (Å²) in [5, 5.41) is 23.4. The second-order valence-electron chi connectivity index (χ2n) is 10.0. The second-order valence-corrected chi connectivity index (χ2v) is 10.0. The molecule has 0 aliphatic heterocycles. The van der Waals surface area contributed by atoms with Gasteiger partial charge in [-0.05, 0) is 71.6 Å². The molecule has 0 saturated heterocycles. The zero-order chi connectivity index (χ0) is 27.5. The fourth-order valence-corrected chi connectivity index (χ4v) is 2.79. The third-order valence-electron chi connectivity index (χ3n) is 4.25. The number of carbonyl (C=O) groups excluding carboxylic acids is 2. The summed E-state index contributed by atoms with van der Waals surface area (Å²) >= 11 is 0. The lowest BCUT2D eigenvalue weighted by molar-refractivity contribution is -0.140. The highest BCUT2D eigenvalue weighted by Gasteiger charge is 2.24. The second kappa shape index (κ2) is 13.3. The van der Waals surface area contributed by atoms with Crippen molar-refractivity contribution in [1.29, 1.82) is 0 Å². The number of aliphatic carboxylic acids is 2. The summed E-state index contributed by atoms with van der Waals surface area (Å²) in [7, 11) is 0. The maximum absolute atomic E-state index is 11.9. The van der Waals surface area contributed by atoms with Crippen LogP contribution in [0, 0.1) is 0 Å². The molecule has 0 spiro atoms. The predicted octanol–water partition coefficient (Wildman–Crippen LogP) is 4.45. The monoisotopic (exact) mass is 504 g/mol. The first-order valence-corrected chi connectivity index (χ1v) is 11.4. The van der Waals surface area contributed by atoms with E-state index in [1.54, 1.807) is 71.9 Å². The number of alkyl carbamates (subject to hydrolysis) is 2. The summed E-state index contributed by atoms with van der Waals surface area (Å²) in [5.41, 5.74) is 0.0703. The number of benzene rings is 1. The zero-order valence-corrected chi connectivity index (χ0v) is 21.5. The smallest absolute Gasteiger partial charge is 0.408 e. The molecule has 10 nitrogen and oxygen atoms in total. The van der Waals surface area contributed by atoms with Gasteiger partial charge >= 0.3 is 24.1 Å². The first-order valence-electron chi connectivity index (χ1n) is 11.4. The molecule has 0 aliphatic rings. The maximum atomic E-state index is 11.9. The molecule has 0 unspecified atom stereocenters. The molecule has 0 aromatic heterocycles. The molecular weight excluding hydrogens is 468 g/mol. The van der Waals surface area contributed by atoms with Crippen molar-refractivity contribution in [2.75, 3.05) is 0 Å². The molecule has 2 amide bonds. The van der Waals surface area contributed by atoms with E-state index in [1.165, 1.54) is 0 Å². The molecule has 0 heterocycles. The Morgan fingerprint density at radius 1 is 0.778 bits per heavy atom. The van der Waals surface area contributed by atoms with Crippen LogP contribution in [0.15, 0.2) is 36.4 Å². The molecule has 0 fully saturated rings. The van der Waals surface area contributed by atoms with Crippen LogP contribution < -0.4 is 10.6 Å². The predicted molar refractivity (Wildman–Crippen MR) is 135 cm³/mol. The molecule has 1 aromatic rings. The van der Waals surface area contributed by atoms with Crippen LogP contribution in [0.5, 0.6) is 0 Å². The van der Waals surface area contributed by atoms with Gasteiger partial charge in [-0.2, -0.15) is 0 Å². The molecule has 198 valence electrons. The molecule has 10 heteroatoms. The van der Waals surface area contributed by atoms with E-state index in [0.29, 0.717) is 0 Å². The minimum absolute atomic E-state index is 0.0469. The SMILES string of the molecule is CC(C)(C)OC(=O)N[C@@H](C/C=C/c1cccc(/C=C/C[C@H](NC(=O)OC(C)(C)C)C(=O)O)c1)C(=O)O. The Balaban J connectivity index is 2.75. The van der Waals surface area contributed by atoms with E-state index in [-0.39, 0.29) is 12.8 Å². The molecule has 0 radical (unpaired) electrons. The van der Waals surface area contributed by atoms with Gasteiger partial charge in [0.25, 0.3) is 0 Å². The van der Waals surface area contributed by atoms with Gasteiger partial charge in [-0.25, -0.2) is 19.2 Å². The van der Waals surface area contributed by atoms with E-state index in [9.17, 15) is 29.4 Å². The molecule has 1 aromatic carbocycles. The van der Waals surface area contributed by atoms with E-state index in [4.69, 9.17) is 9.47 Å². The van der Waals surface area contributed by atoms with Gasteiger partial charge in [0.1, 0.15) is 23.3 Å². The van der Waals surface area contributed by atoms with Crippen LogP contribution in [0.25, 0.3) is 12.2 Å². The number of amides is 2. The highest BCUT2D eigenvalue weighted by molar-refractivity contribution is 5.81. The Kier molecular flexibility index (Phi) is 11.2. The molecular formula is C26H36N2O8. The third kappa shape index (κ3) is 13.2. The van der Waals surface area contributed by atoms with Crippen LogP contribution in [0.2, 0.25) is 0 Å². The standard InChI is InChI=1S/C26H36N2O8/c1-25(2,3)35-23(33)27-19(21(29)30)14-8-12-17-10-7-11-18(16-17)13-9-15-20(22(31)32)28-24(34)36-26(4,5)6/h7-13,16,19-20H,14-15H2,1-6H3,(H,27,33)(H,28,34)(H,29,30)(H,31,32)/b12-8+,13-9+/t19-,20-/m0/s1. The van der Waals surface area contributed by atoms with Crippen LogP contribution in [-0.4, -0.2) is 57.6 Å². The quantitative estimate of drug-likeness (QED) is 0.365. The highest BCUT2D eigenvalue weighted by atomic mass is 16.6. The van der Waals surface area contributed by atoms with Crippen LogP contribution in [0.1, 0.15) is 65.5 Å². The van der Waals surface area contributed by atoms with E-state index < -0.39 is 47.4 Å². The van der Waals surface area contributed by atoms with Crippen molar-refractivity contribution < 1.29 is 38.9 Å². The molecule has 0 saturated carbocycles. The lowest BCUT2D eigenvalue weighted by Crippen LogP contribution is -2.43. The van der Waals surface area contributed by atoms with Crippen molar-refractivity contribution in [2.45, 2.75) is 77.7 Å². The molecule has 36 heavy (non-hydrogen) atoms. The minimum atomic E-state index is -1.19. The number of carbonyl (C=O) groups is 4. The fourth-order valence-electron chi connectivity index (χ4n) is 2.79. The van der Waals surface area contributed by atoms with Gasteiger partial charge in [-0.3, -0.25) is 0 Å². The summed E-state index contributed by atoms with van der Waals surface area (Å²) in [4.78, 5) is 46.7. The van der Waals surface area contributed by atoms with Crippen molar-refractivity contribution in [2.24, 2.45) is 0 Å². The first kappa shape index (κ1) is 30.2. The van der Waals surface area contributed by atoms with E-state index in [2.05, 4.69) is 10.6 Å². The molecule has 2 atom stereocenters. The van der Waals surface area contributed by atoms with Gasteiger partial charge in [0.15, 0.2) is 0 Å². The van der Waals surface area contributed by atoms with Crippen LogP contribution >= 0.6 is 0 Å². The van der Waals surface area contributed by atoms with Gasteiger partial charge in [-0.15, -0.1) is 0 Å². The summed E-state index contributed by atoms with van der Waals surface area (Å²) < 4.78 is 10.2. The lowest BCUT2D eigenvalue weighted by atomic mass is 10.1. The molecule has 1 rings (SSSR count). The number of ether oxygens (including phenoxy) is 2. The number of carboxylic acids is 2. The normalized spacial score (nSPS) is 13.7. The number of hydrogen-bond acceptors (Lipinski definition) is 6. The topological polar surface area (TPSA) is 151 Å².